The number of aliphatic hydroxyl groups excluding tert-OH is 1. The lowest BCUT2D eigenvalue weighted by molar-refractivity contribution is 0.0734. The molecule has 0 aliphatic carbocycles. The first-order valence-electron chi connectivity index (χ1n) is 13.7. The number of hydrogen-bond donors (Lipinski definition) is 1. The maximum Gasteiger partial charge on any atom is 0.343 e. The average molecular weight is 467 g/mol. The standard InChI is InChI=1S/C31H46O3/c1-2-27-20-24-30(25-21-27)34-31(33)29-22-18-28(19-23-29)17-15-13-11-9-7-5-3-4-6-8-10-12-14-16-26-32/h18-25,32H,2-17,26H2,1H3. The first-order chi connectivity index (χ1) is 16.7. The topological polar surface area (TPSA) is 46.5 Å². The lowest BCUT2D eigenvalue weighted by Crippen LogP contribution is -2.08. The van der Waals surface area contributed by atoms with Crippen molar-refractivity contribution in [2.45, 2.75) is 110 Å². The minimum Gasteiger partial charge on any atom is -0.423 e. The van der Waals surface area contributed by atoms with Gasteiger partial charge < -0.3 is 9.84 Å². The van der Waals surface area contributed by atoms with E-state index in [4.69, 9.17) is 9.84 Å². The molecule has 1 N–H and O–H groups in total. The molecule has 0 fully saturated rings. The number of carbonyl (C=O) groups excluding carboxylic acids is 1. The Morgan fingerprint density at radius 1 is 0.618 bits per heavy atom. The number of esters is 1. The third kappa shape index (κ3) is 12.4. The summed E-state index contributed by atoms with van der Waals surface area (Å²) in [5, 5.41) is 8.77. The molecular formula is C31H46O3. The van der Waals surface area contributed by atoms with Gasteiger partial charge in [0.25, 0.3) is 0 Å². The quantitative estimate of drug-likeness (QED) is 0.128. The second kappa shape index (κ2) is 18.2. The number of aryl methyl sites for hydroxylation is 2. The molecule has 0 amide bonds. The number of rotatable bonds is 19. The van der Waals surface area contributed by atoms with Crippen LogP contribution >= 0.6 is 0 Å². The molecule has 0 spiro atoms. The molecule has 0 aliphatic rings. The van der Waals surface area contributed by atoms with E-state index in [1.807, 2.05) is 36.4 Å². The Bertz CT molecular complexity index is 764. The summed E-state index contributed by atoms with van der Waals surface area (Å²) in [5.41, 5.74) is 3.13. The number of carbonyl (C=O) groups is 1. The highest BCUT2D eigenvalue weighted by Gasteiger charge is 2.08. The van der Waals surface area contributed by atoms with E-state index in [0.29, 0.717) is 17.9 Å². The Hall–Kier alpha value is -2.13. The molecular weight excluding hydrogens is 420 g/mol. The van der Waals surface area contributed by atoms with Crippen LogP contribution in [-0.2, 0) is 12.8 Å². The van der Waals surface area contributed by atoms with Gasteiger partial charge in [-0.25, -0.2) is 4.79 Å². The molecule has 2 rings (SSSR count). The van der Waals surface area contributed by atoms with Gasteiger partial charge in [-0.05, 0) is 61.1 Å². The maximum absolute atomic E-state index is 12.4. The molecule has 0 atom stereocenters. The van der Waals surface area contributed by atoms with E-state index in [9.17, 15) is 4.79 Å². The second-order valence-electron chi connectivity index (χ2n) is 9.51. The molecule has 0 heterocycles. The monoisotopic (exact) mass is 466 g/mol. The Morgan fingerprint density at radius 2 is 1.06 bits per heavy atom. The Kier molecular flexibility index (Phi) is 15.1. The summed E-state index contributed by atoms with van der Waals surface area (Å²) < 4.78 is 5.48. The Balaban J connectivity index is 1.47. The molecule has 188 valence electrons. The van der Waals surface area contributed by atoms with Crippen molar-refractivity contribution in [2.75, 3.05) is 6.61 Å². The van der Waals surface area contributed by atoms with Crippen LogP contribution in [0.15, 0.2) is 48.5 Å². The van der Waals surface area contributed by atoms with Gasteiger partial charge in [0, 0.05) is 6.61 Å². The van der Waals surface area contributed by atoms with E-state index < -0.39 is 0 Å². The zero-order chi connectivity index (χ0) is 24.3. The van der Waals surface area contributed by atoms with Crippen LogP contribution in [0.25, 0.3) is 0 Å². The molecule has 3 nitrogen and oxygen atoms in total. The highest BCUT2D eigenvalue weighted by atomic mass is 16.5. The first kappa shape index (κ1) is 28.1. The van der Waals surface area contributed by atoms with Gasteiger partial charge in [0.05, 0.1) is 5.56 Å². The lowest BCUT2D eigenvalue weighted by Gasteiger charge is -2.07. The summed E-state index contributed by atoms with van der Waals surface area (Å²) in [7, 11) is 0. The first-order valence-corrected chi connectivity index (χ1v) is 13.7. The molecule has 0 radical (unpaired) electrons. The molecule has 0 aliphatic heterocycles. The summed E-state index contributed by atoms with van der Waals surface area (Å²) in [6.45, 7) is 2.46. The van der Waals surface area contributed by atoms with Gasteiger partial charge in [-0.1, -0.05) is 108 Å². The minimum absolute atomic E-state index is 0.297. The van der Waals surface area contributed by atoms with E-state index in [1.54, 1.807) is 0 Å². The molecule has 2 aromatic carbocycles. The molecule has 0 bridgehead atoms. The molecule has 0 saturated carbocycles. The van der Waals surface area contributed by atoms with Crippen molar-refractivity contribution < 1.29 is 14.6 Å². The van der Waals surface area contributed by atoms with E-state index in [-0.39, 0.29) is 5.97 Å². The molecule has 3 heteroatoms. The smallest absolute Gasteiger partial charge is 0.343 e. The van der Waals surface area contributed by atoms with Gasteiger partial charge in [-0.15, -0.1) is 0 Å². The lowest BCUT2D eigenvalue weighted by atomic mass is 10.0. The van der Waals surface area contributed by atoms with Crippen LogP contribution in [0.1, 0.15) is 118 Å². The molecule has 0 unspecified atom stereocenters. The van der Waals surface area contributed by atoms with Crippen molar-refractivity contribution in [3.63, 3.8) is 0 Å². The van der Waals surface area contributed by atoms with Crippen LogP contribution in [0.3, 0.4) is 0 Å². The van der Waals surface area contributed by atoms with Crippen molar-refractivity contribution in [1.29, 1.82) is 0 Å². The van der Waals surface area contributed by atoms with Crippen molar-refractivity contribution in [3.05, 3.63) is 65.2 Å². The van der Waals surface area contributed by atoms with Crippen LogP contribution in [-0.4, -0.2) is 17.7 Å². The summed E-state index contributed by atoms with van der Waals surface area (Å²) in [4.78, 5) is 12.4. The number of benzene rings is 2. The second-order valence-corrected chi connectivity index (χ2v) is 9.51. The van der Waals surface area contributed by atoms with Crippen molar-refractivity contribution in [1.82, 2.24) is 0 Å². The van der Waals surface area contributed by atoms with Gasteiger partial charge >= 0.3 is 5.97 Å². The zero-order valence-electron chi connectivity index (χ0n) is 21.4. The van der Waals surface area contributed by atoms with Crippen LogP contribution in [0.2, 0.25) is 0 Å². The van der Waals surface area contributed by atoms with Crippen molar-refractivity contribution in [2.24, 2.45) is 0 Å². The Morgan fingerprint density at radius 3 is 1.53 bits per heavy atom. The molecule has 0 aromatic heterocycles. The Labute approximate surface area is 207 Å². The van der Waals surface area contributed by atoms with Gasteiger partial charge in [-0.2, -0.15) is 0 Å². The van der Waals surface area contributed by atoms with E-state index in [0.717, 1.165) is 19.3 Å². The largest absolute Gasteiger partial charge is 0.423 e. The van der Waals surface area contributed by atoms with E-state index in [1.165, 1.54) is 94.6 Å². The van der Waals surface area contributed by atoms with E-state index in [2.05, 4.69) is 19.1 Å². The van der Waals surface area contributed by atoms with Gasteiger partial charge in [-0.3, -0.25) is 0 Å². The predicted molar refractivity (Wildman–Crippen MR) is 143 cm³/mol. The maximum atomic E-state index is 12.4. The van der Waals surface area contributed by atoms with Gasteiger partial charge in [0.2, 0.25) is 0 Å². The highest BCUT2D eigenvalue weighted by molar-refractivity contribution is 5.91. The number of unbranched alkanes of at least 4 members (excludes halogenated alkanes) is 13. The summed E-state index contributed by atoms with van der Waals surface area (Å²) in [6.07, 6.45) is 20.3. The van der Waals surface area contributed by atoms with Gasteiger partial charge in [0.1, 0.15) is 5.75 Å². The van der Waals surface area contributed by atoms with E-state index >= 15 is 0 Å². The van der Waals surface area contributed by atoms with Crippen LogP contribution in [0, 0.1) is 0 Å². The summed E-state index contributed by atoms with van der Waals surface area (Å²) in [6, 6.07) is 15.6. The average Bonchev–Trinajstić information content (AvgIpc) is 2.87. The fraction of sp³-hybridized carbons (Fsp3) is 0.581. The molecule has 0 saturated heterocycles. The summed E-state index contributed by atoms with van der Waals surface area (Å²) >= 11 is 0. The van der Waals surface area contributed by atoms with Gasteiger partial charge in [0.15, 0.2) is 0 Å². The predicted octanol–water partition coefficient (Wildman–Crippen LogP) is 8.46. The van der Waals surface area contributed by atoms with Crippen molar-refractivity contribution in [3.8, 4) is 5.75 Å². The SMILES string of the molecule is CCc1ccc(OC(=O)c2ccc(CCCCCCCCCCCCCCCCO)cc2)cc1. The normalized spacial score (nSPS) is 11.0. The van der Waals surface area contributed by atoms with Crippen molar-refractivity contribution >= 4 is 5.97 Å². The van der Waals surface area contributed by atoms with Crippen LogP contribution in [0.4, 0.5) is 0 Å². The minimum atomic E-state index is -0.297. The fourth-order valence-electron chi connectivity index (χ4n) is 4.33. The zero-order valence-corrected chi connectivity index (χ0v) is 21.4. The highest BCUT2D eigenvalue weighted by Crippen LogP contribution is 2.17. The van der Waals surface area contributed by atoms with Crippen LogP contribution in [0.5, 0.6) is 5.75 Å². The number of hydrogen-bond acceptors (Lipinski definition) is 3. The third-order valence-corrected chi connectivity index (χ3v) is 6.61. The fourth-order valence-corrected chi connectivity index (χ4v) is 4.33. The number of aliphatic hydroxyl groups is 1. The molecule has 34 heavy (non-hydrogen) atoms. The number of ether oxygens (including phenoxy) is 1. The summed E-state index contributed by atoms with van der Waals surface area (Å²) in [5.74, 6) is 0.297. The van der Waals surface area contributed by atoms with Crippen LogP contribution < -0.4 is 4.74 Å². The third-order valence-electron chi connectivity index (χ3n) is 6.61. The molecule has 2 aromatic rings.